The molecule has 0 aliphatic heterocycles. The predicted octanol–water partition coefficient (Wildman–Crippen LogP) is 5.18. The van der Waals surface area contributed by atoms with E-state index in [0.29, 0.717) is 22.3 Å². The Morgan fingerprint density at radius 2 is 1.54 bits per heavy atom. The second kappa shape index (κ2) is 6.84. The van der Waals surface area contributed by atoms with Gasteiger partial charge in [-0.15, -0.1) is 0 Å². The molecule has 1 aromatic heterocycles. The predicted molar refractivity (Wildman–Crippen MR) is 98.7 cm³/mol. The summed E-state index contributed by atoms with van der Waals surface area (Å²) >= 11 is 0. The first-order valence-corrected chi connectivity index (χ1v) is 8.21. The number of hydrogen-bond acceptors (Lipinski definition) is 3. The van der Waals surface area contributed by atoms with Gasteiger partial charge in [0.05, 0.1) is 5.39 Å². The molecule has 0 unspecified atom stereocenters. The highest BCUT2D eigenvalue weighted by atomic mass is 19.1. The highest BCUT2D eigenvalue weighted by Gasteiger charge is 2.18. The summed E-state index contributed by atoms with van der Waals surface area (Å²) in [5.41, 5.74) is 1.30. The molecule has 0 atom stereocenters. The molecule has 26 heavy (non-hydrogen) atoms. The first kappa shape index (κ1) is 16.1. The number of ether oxygens (including phenoxy) is 1. The Morgan fingerprint density at radius 1 is 0.846 bits per heavy atom. The minimum Gasteiger partial charge on any atom is -0.481 e. The quantitative estimate of drug-likeness (QED) is 0.511. The first-order valence-electron chi connectivity index (χ1n) is 8.21. The number of para-hydroxylation sites is 1. The maximum Gasteiger partial charge on any atom is 0.235 e. The maximum absolute atomic E-state index is 13.9. The van der Waals surface area contributed by atoms with Gasteiger partial charge in [0.2, 0.25) is 11.2 Å². The summed E-state index contributed by atoms with van der Waals surface area (Å²) < 4.78 is 25.6. The first-order chi connectivity index (χ1) is 12.7. The lowest BCUT2D eigenvalue weighted by molar-refractivity contribution is 0.292. The summed E-state index contributed by atoms with van der Waals surface area (Å²) in [4.78, 5) is 13.0. The fourth-order valence-electron chi connectivity index (χ4n) is 2.80. The van der Waals surface area contributed by atoms with Crippen LogP contribution in [0.25, 0.3) is 22.3 Å². The Labute approximate surface area is 149 Å². The van der Waals surface area contributed by atoms with Crippen LogP contribution in [0.1, 0.15) is 5.56 Å². The highest BCUT2D eigenvalue weighted by Crippen LogP contribution is 2.31. The Kier molecular flexibility index (Phi) is 4.23. The normalized spacial score (nSPS) is 10.8. The number of rotatable bonds is 4. The molecular formula is C22H15FO3. The summed E-state index contributed by atoms with van der Waals surface area (Å²) in [6.07, 6.45) is 0. The standard InChI is InChI=1S/C22H15FO3/c23-18-12-6-4-10-16(18)14-25-22-20(24)17-11-5-7-13-19(17)26-21(22)15-8-2-1-3-9-15/h1-13H,14H2. The van der Waals surface area contributed by atoms with Crippen LogP contribution < -0.4 is 10.2 Å². The van der Waals surface area contributed by atoms with Crippen molar-refractivity contribution in [2.24, 2.45) is 0 Å². The fraction of sp³-hybridized carbons (Fsp3) is 0.0455. The number of benzene rings is 3. The van der Waals surface area contributed by atoms with Crippen LogP contribution in [0.5, 0.6) is 5.75 Å². The van der Waals surface area contributed by atoms with Gasteiger partial charge in [-0.2, -0.15) is 0 Å². The van der Waals surface area contributed by atoms with Crippen LogP contribution in [0.4, 0.5) is 4.39 Å². The highest BCUT2D eigenvalue weighted by molar-refractivity contribution is 5.81. The van der Waals surface area contributed by atoms with Crippen LogP contribution in [0.2, 0.25) is 0 Å². The smallest absolute Gasteiger partial charge is 0.235 e. The molecule has 0 aliphatic rings. The van der Waals surface area contributed by atoms with E-state index in [1.54, 1.807) is 42.5 Å². The van der Waals surface area contributed by atoms with E-state index >= 15 is 0 Å². The molecular weight excluding hydrogens is 331 g/mol. The zero-order valence-corrected chi connectivity index (χ0v) is 13.8. The number of fused-ring (bicyclic) bond motifs is 1. The van der Waals surface area contributed by atoms with Crippen LogP contribution in [-0.4, -0.2) is 0 Å². The van der Waals surface area contributed by atoms with E-state index in [1.807, 2.05) is 30.3 Å². The van der Waals surface area contributed by atoms with Gasteiger partial charge in [0.15, 0.2) is 5.76 Å². The zero-order valence-electron chi connectivity index (χ0n) is 13.8. The Hall–Kier alpha value is -3.40. The monoisotopic (exact) mass is 346 g/mol. The number of halogens is 1. The molecule has 0 N–H and O–H groups in total. The third kappa shape index (κ3) is 2.97. The van der Waals surface area contributed by atoms with E-state index in [2.05, 4.69) is 0 Å². The van der Waals surface area contributed by atoms with Crippen molar-refractivity contribution in [3.8, 4) is 17.1 Å². The summed E-state index contributed by atoms with van der Waals surface area (Å²) in [5.74, 6) is 0.0442. The van der Waals surface area contributed by atoms with E-state index in [0.717, 1.165) is 5.56 Å². The maximum atomic E-state index is 13.9. The third-order valence-corrected chi connectivity index (χ3v) is 4.12. The lowest BCUT2D eigenvalue weighted by atomic mass is 10.1. The average molecular weight is 346 g/mol. The third-order valence-electron chi connectivity index (χ3n) is 4.12. The van der Waals surface area contributed by atoms with Gasteiger partial charge in [0.25, 0.3) is 0 Å². The van der Waals surface area contributed by atoms with Crippen molar-refractivity contribution >= 4 is 11.0 Å². The molecule has 1 heterocycles. The van der Waals surface area contributed by atoms with E-state index in [9.17, 15) is 9.18 Å². The second-order valence-corrected chi connectivity index (χ2v) is 5.83. The average Bonchev–Trinajstić information content (AvgIpc) is 2.69. The Morgan fingerprint density at radius 3 is 2.35 bits per heavy atom. The number of hydrogen-bond donors (Lipinski definition) is 0. The van der Waals surface area contributed by atoms with Crippen molar-refractivity contribution in [2.45, 2.75) is 6.61 Å². The lowest BCUT2D eigenvalue weighted by Crippen LogP contribution is -2.10. The van der Waals surface area contributed by atoms with Crippen molar-refractivity contribution < 1.29 is 13.5 Å². The summed E-state index contributed by atoms with van der Waals surface area (Å²) in [7, 11) is 0. The molecule has 3 nitrogen and oxygen atoms in total. The molecule has 0 amide bonds. The van der Waals surface area contributed by atoms with Gasteiger partial charge in [-0.25, -0.2) is 4.39 Å². The molecule has 0 bridgehead atoms. The topological polar surface area (TPSA) is 39.4 Å². The Balaban J connectivity index is 1.85. The van der Waals surface area contributed by atoms with E-state index in [4.69, 9.17) is 9.15 Å². The minimum atomic E-state index is -0.376. The van der Waals surface area contributed by atoms with E-state index in [-0.39, 0.29) is 23.6 Å². The van der Waals surface area contributed by atoms with Gasteiger partial charge in [0.1, 0.15) is 18.0 Å². The largest absolute Gasteiger partial charge is 0.481 e. The molecule has 0 radical (unpaired) electrons. The summed E-state index contributed by atoms with van der Waals surface area (Å²) in [5, 5.41) is 0.427. The van der Waals surface area contributed by atoms with Gasteiger partial charge in [-0.05, 0) is 18.2 Å². The van der Waals surface area contributed by atoms with Gasteiger partial charge < -0.3 is 9.15 Å². The molecule has 4 aromatic rings. The van der Waals surface area contributed by atoms with Crippen LogP contribution in [0.15, 0.2) is 88.1 Å². The zero-order chi connectivity index (χ0) is 17.9. The molecule has 3 aromatic carbocycles. The Bertz CT molecular complexity index is 1120. The van der Waals surface area contributed by atoms with E-state index < -0.39 is 0 Å². The van der Waals surface area contributed by atoms with Crippen molar-refractivity contribution in [3.05, 3.63) is 100 Å². The van der Waals surface area contributed by atoms with Crippen molar-refractivity contribution in [3.63, 3.8) is 0 Å². The van der Waals surface area contributed by atoms with E-state index in [1.165, 1.54) is 6.07 Å². The molecule has 128 valence electrons. The molecule has 0 aliphatic carbocycles. The second-order valence-electron chi connectivity index (χ2n) is 5.83. The lowest BCUT2D eigenvalue weighted by Gasteiger charge is -2.12. The van der Waals surface area contributed by atoms with Crippen molar-refractivity contribution in [1.29, 1.82) is 0 Å². The molecule has 0 fully saturated rings. The molecule has 4 rings (SSSR count). The van der Waals surface area contributed by atoms with Crippen molar-refractivity contribution in [1.82, 2.24) is 0 Å². The van der Waals surface area contributed by atoms with Crippen molar-refractivity contribution in [2.75, 3.05) is 0 Å². The van der Waals surface area contributed by atoms with Crippen LogP contribution in [-0.2, 0) is 6.61 Å². The van der Waals surface area contributed by atoms with Crippen LogP contribution in [0.3, 0.4) is 0 Å². The van der Waals surface area contributed by atoms with Crippen LogP contribution >= 0.6 is 0 Å². The minimum absolute atomic E-state index is 0.0599. The molecule has 0 saturated carbocycles. The van der Waals surface area contributed by atoms with Gasteiger partial charge in [0, 0.05) is 11.1 Å². The van der Waals surface area contributed by atoms with Crippen LogP contribution in [0, 0.1) is 5.82 Å². The molecule has 0 saturated heterocycles. The fourth-order valence-corrected chi connectivity index (χ4v) is 2.80. The molecule has 4 heteroatoms. The van der Waals surface area contributed by atoms with Gasteiger partial charge >= 0.3 is 0 Å². The molecule has 0 spiro atoms. The van der Waals surface area contributed by atoms with Gasteiger partial charge in [-0.1, -0.05) is 60.7 Å². The summed E-state index contributed by atoms with van der Waals surface area (Å²) in [6, 6.07) is 22.6. The van der Waals surface area contributed by atoms with Gasteiger partial charge in [-0.3, -0.25) is 4.79 Å². The summed E-state index contributed by atoms with van der Waals surface area (Å²) in [6.45, 7) is -0.0599. The SMILES string of the molecule is O=c1c(OCc2ccccc2F)c(-c2ccccc2)oc2ccccc12.